The van der Waals surface area contributed by atoms with Crippen molar-refractivity contribution in [1.82, 2.24) is 0 Å². The molecule has 2 unspecified atom stereocenters. The number of fused-ring (bicyclic) bond motifs is 1. The molecule has 2 nitrogen and oxygen atoms in total. The van der Waals surface area contributed by atoms with Crippen molar-refractivity contribution in [3.63, 3.8) is 0 Å². The third-order valence-corrected chi connectivity index (χ3v) is 4.08. The van der Waals surface area contributed by atoms with Crippen molar-refractivity contribution in [3.8, 4) is 0 Å². The fraction of sp³-hybridized carbons (Fsp3) is 0.588. The van der Waals surface area contributed by atoms with E-state index in [1.807, 2.05) is 0 Å². The molecule has 0 radical (unpaired) electrons. The van der Waals surface area contributed by atoms with Gasteiger partial charge in [0.2, 0.25) is 0 Å². The number of rotatable bonds is 5. The van der Waals surface area contributed by atoms with E-state index >= 15 is 0 Å². The summed E-state index contributed by atoms with van der Waals surface area (Å²) < 4.78 is 0. The van der Waals surface area contributed by atoms with Crippen LogP contribution in [0.4, 0.5) is 0 Å². The molecule has 2 atom stereocenters. The highest BCUT2D eigenvalue weighted by atomic mass is 16.1. The fourth-order valence-electron chi connectivity index (χ4n) is 3.10. The quantitative estimate of drug-likeness (QED) is 0.880. The highest BCUT2D eigenvalue weighted by Gasteiger charge is 2.24. The first-order valence-corrected chi connectivity index (χ1v) is 7.44. The van der Waals surface area contributed by atoms with Crippen LogP contribution in [0.25, 0.3) is 0 Å². The van der Waals surface area contributed by atoms with Gasteiger partial charge in [-0.05, 0) is 48.6 Å². The van der Waals surface area contributed by atoms with Gasteiger partial charge >= 0.3 is 0 Å². The van der Waals surface area contributed by atoms with Crippen molar-refractivity contribution < 1.29 is 4.79 Å². The van der Waals surface area contributed by atoms with Crippen LogP contribution in [0.5, 0.6) is 0 Å². The Morgan fingerprint density at radius 1 is 1.37 bits per heavy atom. The average molecular weight is 259 g/mol. The molecule has 1 aliphatic rings. The number of carbonyl (C=O) groups is 1. The average Bonchev–Trinajstić information content (AvgIpc) is 2.38. The SMILES string of the molecule is CC(C)CC(N)C(=O)CC1CCCc2ccccc21. The molecular formula is C17H25NO. The van der Waals surface area contributed by atoms with Crippen molar-refractivity contribution in [2.45, 2.75) is 57.9 Å². The lowest BCUT2D eigenvalue weighted by Crippen LogP contribution is -2.33. The summed E-state index contributed by atoms with van der Waals surface area (Å²) in [6.45, 7) is 4.23. The van der Waals surface area contributed by atoms with E-state index in [2.05, 4.69) is 38.1 Å². The third-order valence-electron chi connectivity index (χ3n) is 4.08. The summed E-state index contributed by atoms with van der Waals surface area (Å²) in [5, 5.41) is 0. The molecule has 1 aromatic rings. The van der Waals surface area contributed by atoms with Gasteiger partial charge in [-0.2, -0.15) is 0 Å². The van der Waals surface area contributed by atoms with Gasteiger partial charge in [0.25, 0.3) is 0 Å². The van der Waals surface area contributed by atoms with Crippen LogP contribution in [0, 0.1) is 5.92 Å². The number of Topliss-reactive ketones (excluding diaryl/α,β-unsaturated/α-hetero) is 1. The molecular weight excluding hydrogens is 234 g/mol. The Labute approximate surface area is 116 Å². The Balaban J connectivity index is 2.02. The predicted molar refractivity (Wildman–Crippen MR) is 79.2 cm³/mol. The number of hydrogen-bond donors (Lipinski definition) is 1. The summed E-state index contributed by atoms with van der Waals surface area (Å²) in [4.78, 5) is 12.2. The van der Waals surface area contributed by atoms with Crippen LogP contribution in [-0.4, -0.2) is 11.8 Å². The first-order valence-electron chi connectivity index (χ1n) is 7.44. The molecule has 2 N–H and O–H groups in total. The minimum absolute atomic E-state index is 0.232. The number of carbonyl (C=O) groups excluding carboxylic acids is 1. The molecule has 104 valence electrons. The number of ketones is 1. The second-order valence-electron chi connectivity index (χ2n) is 6.19. The maximum Gasteiger partial charge on any atom is 0.150 e. The summed E-state index contributed by atoms with van der Waals surface area (Å²) in [5.74, 6) is 1.10. The molecule has 0 amide bonds. The molecule has 1 aliphatic carbocycles. The number of nitrogens with two attached hydrogens (primary N) is 1. The molecule has 0 heterocycles. The zero-order chi connectivity index (χ0) is 13.8. The molecule has 0 bridgehead atoms. The zero-order valence-electron chi connectivity index (χ0n) is 12.1. The lowest BCUT2D eigenvalue weighted by molar-refractivity contribution is -0.121. The first kappa shape index (κ1) is 14.3. The molecule has 0 spiro atoms. The summed E-state index contributed by atoms with van der Waals surface area (Å²) in [6.07, 6.45) is 4.88. The van der Waals surface area contributed by atoms with Gasteiger partial charge in [0.15, 0.2) is 0 Å². The topological polar surface area (TPSA) is 43.1 Å². The van der Waals surface area contributed by atoms with Crippen molar-refractivity contribution >= 4 is 5.78 Å². The largest absolute Gasteiger partial charge is 0.322 e. The van der Waals surface area contributed by atoms with Gasteiger partial charge in [0.05, 0.1) is 6.04 Å². The van der Waals surface area contributed by atoms with E-state index < -0.39 is 0 Å². The number of benzene rings is 1. The molecule has 1 aromatic carbocycles. The van der Waals surface area contributed by atoms with Gasteiger partial charge in [0.1, 0.15) is 5.78 Å². The smallest absolute Gasteiger partial charge is 0.150 e. The van der Waals surface area contributed by atoms with Crippen LogP contribution < -0.4 is 5.73 Å². The molecule has 2 heteroatoms. The predicted octanol–water partition coefficient (Wildman–Crippen LogP) is 3.44. The zero-order valence-corrected chi connectivity index (χ0v) is 12.1. The van der Waals surface area contributed by atoms with Crippen LogP contribution in [-0.2, 0) is 11.2 Å². The summed E-state index contributed by atoms with van der Waals surface area (Å²) in [5.41, 5.74) is 8.80. The molecule has 0 saturated carbocycles. The molecule has 0 fully saturated rings. The van der Waals surface area contributed by atoms with Gasteiger partial charge in [-0.15, -0.1) is 0 Å². The molecule has 19 heavy (non-hydrogen) atoms. The van der Waals surface area contributed by atoms with Gasteiger partial charge in [-0.3, -0.25) is 4.79 Å². The fourth-order valence-corrected chi connectivity index (χ4v) is 3.10. The summed E-state index contributed by atoms with van der Waals surface area (Å²) in [7, 11) is 0. The van der Waals surface area contributed by atoms with Crippen LogP contribution in [0.2, 0.25) is 0 Å². The molecule has 2 rings (SSSR count). The van der Waals surface area contributed by atoms with Crippen LogP contribution in [0.1, 0.15) is 56.6 Å². The Bertz CT molecular complexity index is 439. The lowest BCUT2D eigenvalue weighted by atomic mass is 9.79. The van der Waals surface area contributed by atoms with E-state index in [4.69, 9.17) is 5.73 Å². The first-order chi connectivity index (χ1) is 9.08. The number of aryl methyl sites for hydroxylation is 1. The van der Waals surface area contributed by atoms with Gasteiger partial charge < -0.3 is 5.73 Å². The molecule has 0 saturated heterocycles. The minimum Gasteiger partial charge on any atom is -0.322 e. The van der Waals surface area contributed by atoms with Gasteiger partial charge in [0, 0.05) is 6.42 Å². The second kappa shape index (κ2) is 6.33. The van der Waals surface area contributed by atoms with Crippen LogP contribution >= 0.6 is 0 Å². The number of hydrogen-bond acceptors (Lipinski definition) is 2. The van der Waals surface area contributed by atoms with Crippen LogP contribution in [0.15, 0.2) is 24.3 Å². The van der Waals surface area contributed by atoms with E-state index in [9.17, 15) is 4.79 Å². The summed E-state index contributed by atoms with van der Waals surface area (Å²) in [6, 6.07) is 8.26. The monoisotopic (exact) mass is 259 g/mol. The minimum atomic E-state index is -0.283. The van der Waals surface area contributed by atoms with Crippen molar-refractivity contribution in [2.24, 2.45) is 11.7 Å². The normalized spacial score (nSPS) is 20.1. The Hall–Kier alpha value is -1.15. The molecule has 0 aromatic heterocycles. The van der Waals surface area contributed by atoms with E-state index in [1.54, 1.807) is 0 Å². The van der Waals surface area contributed by atoms with E-state index in [-0.39, 0.29) is 11.8 Å². The Morgan fingerprint density at radius 2 is 2.11 bits per heavy atom. The van der Waals surface area contributed by atoms with Crippen molar-refractivity contribution in [1.29, 1.82) is 0 Å². The van der Waals surface area contributed by atoms with E-state index in [0.717, 1.165) is 19.3 Å². The van der Waals surface area contributed by atoms with E-state index in [0.29, 0.717) is 18.3 Å². The van der Waals surface area contributed by atoms with E-state index in [1.165, 1.54) is 17.5 Å². The maximum atomic E-state index is 12.2. The van der Waals surface area contributed by atoms with Crippen molar-refractivity contribution in [2.75, 3.05) is 0 Å². The van der Waals surface area contributed by atoms with Gasteiger partial charge in [-0.25, -0.2) is 0 Å². The highest BCUT2D eigenvalue weighted by molar-refractivity contribution is 5.84. The standard InChI is InChI=1S/C17H25NO/c1-12(2)10-16(18)17(19)11-14-8-5-7-13-6-3-4-9-15(13)14/h3-4,6,9,12,14,16H,5,7-8,10-11,18H2,1-2H3. The third kappa shape index (κ3) is 3.66. The second-order valence-corrected chi connectivity index (χ2v) is 6.19. The van der Waals surface area contributed by atoms with Gasteiger partial charge in [-0.1, -0.05) is 38.1 Å². The maximum absolute atomic E-state index is 12.2. The lowest BCUT2D eigenvalue weighted by Gasteiger charge is -2.26. The Kier molecular flexibility index (Phi) is 4.76. The van der Waals surface area contributed by atoms with Crippen molar-refractivity contribution in [3.05, 3.63) is 35.4 Å². The van der Waals surface area contributed by atoms with Crippen LogP contribution in [0.3, 0.4) is 0 Å². The highest BCUT2D eigenvalue weighted by Crippen LogP contribution is 2.34. The Morgan fingerprint density at radius 3 is 2.84 bits per heavy atom. The molecule has 0 aliphatic heterocycles. The summed E-state index contributed by atoms with van der Waals surface area (Å²) >= 11 is 0.